The van der Waals surface area contributed by atoms with Crippen LogP contribution in [-0.4, -0.2) is 4.98 Å². The molecule has 0 saturated carbocycles. The van der Waals surface area contributed by atoms with E-state index in [0.717, 1.165) is 25.8 Å². The normalized spacial score (nSPS) is 11.7. The van der Waals surface area contributed by atoms with Gasteiger partial charge in [-0.3, -0.25) is 0 Å². The van der Waals surface area contributed by atoms with Crippen molar-refractivity contribution in [1.29, 1.82) is 0 Å². The highest BCUT2D eigenvalue weighted by atomic mass is 35.5. The maximum absolute atomic E-state index is 6.54. The van der Waals surface area contributed by atoms with E-state index in [1.54, 1.807) is 22.7 Å². The zero-order chi connectivity index (χ0) is 15.4. The number of benzene rings is 3. The lowest BCUT2D eigenvalue weighted by molar-refractivity contribution is 1.49. The third-order valence-corrected chi connectivity index (χ3v) is 6.65. The summed E-state index contributed by atoms with van der Waals surface area (Å²) in [5.41, 5.74) is 2.16. The minimum Gasteiger partial charge on any atom is -0.235 e. The van der Waals surface area contributed by atoms with E-state index in [-0.39, 0.29) is 0 Å². The first-order chi connectivity index (χ1) is 11.3. The van der Waals surface area contributed by atoms with Gasteiger partial charge in [0.05, 0.1) is 15.2 Å². The molecule has 110 valence electrons. The van der Waals surface area contributed by atoms with E-state index in [9.17, 15) is 0 Å². The third-order valence-electron chi connectivity index (χ3n) is 3.98. The zero-order valence-electron chi connectivity index (χ0n) is 11.9. The van der Waals surface area contributed by atoms with Crippen molar-refractivity contribution >= 4 is 64.7 Å². The number of thiophene rings is 1. The van der Waals surface area contributed by atoms with Gasteiger partial charge < -0.3 is 0 Å². The summed E-state index contributed by atoms with van der Waals surface area (Å²) in [6, 6.07) is 20.9. The molecule has 2 heterocycles. The maximum Gasteiger partial charge on any atom is 0.124 e. The van der Waals surface area contributed by atoms with Crippen molar-refractivity contribution in [3.8, 4) is 10.6 Å². The average Bonchev–Trinajstić information content (AvgIpc) is 3.17. The summed E-state index contributed by atoms with van der Waals surface area (Å²) in [4.78, 5) is 4.94. The van der Waals surface area contributed by atoms with Crippen molar-refractivity contribution in [2.45, 2.75) is 0 Å². The fourth-order valence-electron chi connectivity index (χ4n) is 2.95. The molecule has 0 atom stereocenters. The number of hydrogen-bond acceptors (Lipinski definition) is 3. The second-order valence-corrected chi connectivity index (χ2v) is 7.88. The summed E-state index contributed by atoms with van der Waals surface area (Å²) in [6.07, 6.45) is 0. The van der Waals surface area contributed by atoms with Gasteiger partial charge in [-0.1, -0.05) is 60.1 Å². The summed E-state index contributed by atoms with van der Waals surface area (Å²) in [7, 11) is 0. The molecular weight excluding hydrogens is 342 g/mol. The number of rotatable bonds is 1. The van der Waals surface area contributed by atoms with Gasteiger partial charge in [0.1, 0.15) is 5.01 Å². The second-order valence-electron chi connectivity index (χ2n) is 5.39. The molecular formula is C19H10ClNS2. The van der Waals surface area contributed by atoms with Gasteiger partial charge in [0.2, 0.25) is 0 Å². The minimum atomic E-state index is 0.790. The Morgan fingerprint density at radius 2 is 1.61 bits per heavy atom. The monoisotopic (exact) mass is 351 g/mol. The molecule has 0 amide bonds. The molecule has 0 fully saturated rings. The molecule has 5 aromatic rings. The highest BCUT2D eigenvalue weighted by Crippen LogP contribution is 2.44. The van der Waals surface area contributed by atoms with E-state index in [2.05, 4.69) is 42.5 Å². The molecule has 23 heavy (non-hydrogen) atoms. The van der Waals surface area contributed by atoms with Crippen LogP contribution < -0.4 is 0 Å². The molecule has 0 aliphatic heterocycles. The van der Waals surface area contributed by atoms with E-state index in [1.807, 2.05) is 18.2 Å². The van der Waals surface area contributed by atoms with E-state index < -0.39 is 0 Å². The first-order valence-electron chi connectivity index (χ1n) is 7.27. The second kappa shape index (κ2) is 5.03. The van der Waals surface area contributed by atoms with Gasteiger partial charge in [-0.05, 0) is 12.1 Å². The van der Waals surface area contributed by atoms with E-state index in [4.69, 9.17) is 16.6 Å². The van der Waals surface area contributed by atoms with E-state index in [0.29, 0.717) is 0 Å². The van der Waals surface area contributed by atoms with Gasteiger partial charge in [0.25, 0.3) is 0 Å². The Labute approximate surface area is 145 Å². The molecule has 2 aromatic heterocycles. The molecule has 0 spiro atoms. The average molecular weight is 352 g/mol. The van der Waals surface area contributed by atoms with Crippen molar-refractivity contribution in [1.82, 2.24) is 4.98 Å². The minimum absolute atomic E-state index is 0.790. The van der Waals surface area contributed by atoms with Gasteiger partial charge in [-0.2, -0.15) is 0 Å². The van der Waals surface area contributed by atoms with Crippen molar-refractivity contribution in [2.24, 2.45) is 0 Å². The van der Waals surface area contributed by atoms with Gasteiger partial charge in [-0.25, -0.2) is 4.98 Å². The first-order valence-corrected chi connectivity index (χ1v) is 9.28. The maximum atomic E-state index is 6.54. The Bertz CT molecular complexity index is 1170. The molecule has 1 nitrogen and oxygen atoms in total. The topological polar surface area (TPSA) is 12.9 Å². The predicted molar refractivity (Wildman–Crippen MR) is 103 cm³/mol. The first kappa shape index (κ1) is 13.5. The largest absolute Gasteiger partial charge is 0.235 e. The molecule has 5 rings (SSSR count). The fraction of sp³-hybridized carbons (Fsp3) is 0. The van der Waals surface area contributed by atoms with Gasteiger partial charge in [0.15, 0.2) is 0 Å². The van der Waals surface area contributed by atoms with Crippen LogP contribution in [0.25, 0.3) is 41.0 Å². The number of fused-ring (bicyclic) bond motifs is 5. The lowest BCUT2D eigenvalue weighted by Crippen LogP contribution is -1.75. The highest BCUT2D eigenvalue weighted by Gasteiger charge is 2.16. The zero-order valence-corrected chi connectivity index (χ0v) is 14.3. The van der Waals surface area contributed by atoms with Crippen molar-refractivity contribution in [3.05, 3.63) is 65.7 Å². The Hall–Kier alpha value is -1.94. The molecule has 3 aromatic carbocycles. The van der Waals surface area contributed by atoms with Gasteiger partial charge in [0, 0.05) is 25.7 Å². The number of aromatic nitrogens is 1. The smallest absolute Gasteiger partial charge is 0.124 e. The predicted octanol–water partition coefficient (Wildman–Crippen LogP) is 6.98. The Kier molecular flexibility index (Phi) is 2.95. The lowest BCUT2D eigenvalue weighted by atomic mass is 10.1. The van der Waals surface area contributed by atoms with Crippen LogP contribution in [0.2, 0.25) is 5.02 Å². The van der Waals surface area contributed by atoms with Crippen LogP contribution in [0, 0.1) is 0 Å². The van der Waals surface area contributed by atoms with Crippen LogP contribution in [0.15, 0.2) is 60.7 Å². The van der Waals surface area contributed by atoms with Crippen LogP contribution in [-0.2, 0) is 0 Å². The SMILES string of the molecule is Clc1cc2sc3ccccc3c2c2nc(-c3ccccc3)sc12. The summed E-state index contributed by atoms with van der Waals surface area (Å²) in [6.45, 7) is 0. The van der Waals surface area contributed by atoms with E-state index in [1.165, 1.54) is 20.2 Å². The molecule has 4 heteroatoms. The third kappa shape index (κ3) is 2.01. The summed E-state index contributed by atoms with van der Waals surface area (Å²) >= 11 is 9.98. The van der Waals surface area contributed by atoms with Gasteiger partial charge >= 0.3 is 0 Å². The summed E-state index contributed by atoms with van der Waals surface area (Å²) in [5.74, 6) is 0. The van der Waals surface area contributed by atoms with Crippen LogP contribution in [0.1, 0.15) is 0 Å². The molecule has 0 radical (unpaired) electrons. The Morgan fingerprint density at radius 3 is 2.48 bits per heavy atom. The van der Waals surface area contributed by atoms with Gasteiger partial charge in [-0.15, -0.1) is 22.7 Å². The molecule has 0 N–H and O–H groups in total. The van der Waals surface area contributed by atoms with Crippen LogP contribution in [0.3, 0.4) is 0 Å². The molecule has 0 saturated heterocycles. The molecule has 0 aliphatic carbocycles. The number of nitrogens with zero attached hydrogens (tertiary/aromatic N) is 1. The molecule has 0 aliphatic rings. The van der Waals surface area contributed by atoms with Crippen molar-refractivity contribution < 1.29 is 0 Å². The number of hydrogen-bond donors (Lipinski definition) is 0. The van der Waals surface area contributed by atoms with E-state index >= 15 is 0 Å². The highest BCUT2D eigenvalue weighted by molar-refractivity contribution is 7.26. The quantitative estimate of drug-likeness (QED) is 0.317. The van der Waals surface area contributed by atoms with Crippen LogP contribution in [0.4, 0.5) is 0 Å². The van der Waals surface area contributed by atoms with Crippen LogP contribution in [0.5, 0.6) is 0 Å². The number of halogens is 1. The molecule has 0 unspecified atom stereocenters. The van der Waals surface area contributed by atoms with Crippen molar-refractivity contribution in [3.63, 3.8) is 0 Å². The lowest BCUT2D eigenvalue weighted by Gasteiger charge is -1.95. The Morgan fingerprint density at radius 1 is 0.826 bits per heavy atom. The Balaban J connectivity index is 1.94. The number of thiazole rings is 1. The van der Waals surface area contributed by atoms with Crippen LogP contribution >= 0.6 is 34.3 Å². The summed E-state index contributed by atoms with van der Waals surface area (Å²) < 4.78 is 3.55. The fourth-order valence-corrected chi connectivity index (χ4v) is 5.46. The summed E-state index contributed by atoms with van der Waals surface area (Å²) in [5, 5.41) is 4.30. The van der Waals surface area contributed by atoms with Crippen molar-refractivity contribution in [2.75, 3.05) is 0 Å². The molecule has 0 bridgehead atoms. The standard InChI is InChI=1S/C19H10ClNS2/c20-13-10-15-16(12-8-4-5-9-14(12)22-15)17-18(13)23-19(21-17)11-6-2-1-3-7-11/h1-10H.